The highest BCUT2D eigenvalue weighted by molar-refractivity contribution is 8.05. The zero-order valence-corrected chi connectivity index (χ0v) is 24.1. The number of thioether (sulfide) groups is 1. The summed E-state index contributed by atoms with van der Waals surface area (Å²) in [5, 5.41) is 6.52. The monoisotopic (exact) mass is 568 g/mol. The highest BCUT2D eigenvalue weighted by Crippen LogP contribution is 2.43. The van der Waals surface area contributed by atoms with Crippen LogP contribution < -0.4 is 10.1 Å². The van der Waals surface area contributed by atoms with Crippen LogP contribution in [-0.4, -0.2) is 22.3 Å². The first kappa shape index (κ1) is 26.8. The second-order valence-corrected chi connectivity index (χ2v) is 12.2. The molecule has 4 aromatic carbocycles. The Kier molecular flexibility index (Phi) is 8.03. The van der Waals surface area contributed by atoms with Gasteiger partial charge in [-0.1, -0.05) is 104 Å². The standard InChI is InChI=1S/C34H33ClN2O2S/c1-23-9-5-8-14-30(23)37-33(38)32(40-34(37)36-27-11-3-2-4-12-27)21-29-28-13-7-6-10-25(28)17-20-31(29)39-22-24-15-18-26(35)19-16-24/h2-4,6-7,10-13,15-21,23,30,34,36H,5,8-9,14,22H2,1H3/b32-21-/t23-,30-,34?/m0/s1. The first-order chi connectivity index (χ1) is 19.6. The number of nitrogens with one attached hydrogen (secondary N) is 1. The van der Waals surface area contributed by atoms with Crippen molar-refractivity contribution in [1.29, 1.82) is 0 Å². The van der Waals surface area contributed by atoms with Crippen molar-refractivity contribution in [3.05, 3.63) is 112 Å². The van der Waals surface area contributed by atoms with Gasteiger partial charge in [0.05, 0.1) is 4.91 Å². The number of benzene rings is 4. The summed E-state index contributed by atoms with van der Waals surface area (Å²) in [6.45, 7) is 2.70. The number of hydrogen-bond donors (Lipinski definition) is 1. The molecule has 0 radical (unpaired) electrons. The molecule has 1 amide bonds. The van der Waals surface area contributed by atoms with Crippen LogP contribution in [0.25, 0.3) is 16.8 Å². The fourth-order valence-electron chi connectivity index (χ4n) is 5.79. The Bertz CT molecular complexity index is 1520. The third kappa shape index (κ3) is 5.72. The molecule has 6 rings (SSSR count). The second kappa shape index (κ2) is 12.0. The van der Waals surface area contributed by atoms with Crippen molar-refractivity contribution < 1.29 is 9.53 Å². The predicted molar refractivity (Wildman–Crippen MR) is 167 cm³/mol. The van der Waals surface area contributed by atoms with Gasteiger partial charge in [-0.15, -0.1) is 0 Å². The van der Waals surface area contributed by atoms with E-state index in [0.717, 1.165) is 57.5 Å². The molecule has 1 heterocycles. The number of halogens is 1. The second-order valence-electron chi connectivity index (χ2n) is 10.6. The largest absolute Gasteiger partial charge is 0.488 e. The van der Waals surface area contributed by atoms with Crippen molar-refractivity contribution >= 4 is 51.8 Å². The van der Waals surface area contributed by atoms with Crippen molar-refractivity contribution in [2.24, 2.45) is 5.92 Å². The van der Waals surface area contributed by atoms with Crippen molar-refractivity contribution in [2.75, 3.05) is 5.32 Å². The van der Waals surface area contributed by atoms with E-state index in [1.165, 1.54) is 6.42 Å². The summed E-state index contributed by atoms with van der Waals surface area (Å²) >= 11 is 7.68. The zero-order valence-electron chi connectivity index (χ0n) is 22.6. The van der Waals surface area contributed by atoms with Crippen molar-refractivity contribution in [3.8, 4) is 5.75 Å². The lowest BCUT2D eigenvalue weighted by atomic mass is 9.85. The summed E-state index contributed by atoms with van der Waals surface area (Å²) in [6.07, 6.45) is 6.63. The molecule has 3 atom stereocenters. The fourth-order valence-corrected chi connectivity index (χ4v) is 7.11. The molecule has 0 spiro atoms. The number of rotatable bonds is 7. The summed E-state index contributed by atoms with van der Waals surface area (Å²) in [4.78, 5) is 17.0. The number of nitrogens with zero attached hydrogens (tertiary/aromatic N) is 1. The summed E-state index contributed by atoms with van der Waals surface area (Å²) in [5.41, 5.74) is 2.81. The lowest BCUT2D eigenvalue weighted by Gasteiger charge is -2.39. The van der Waals surface area contributed by atoms with E-state index in [1.807, 2.05) is 66.7 Å². The lowest BCUT2D eigenvalue weighted by Crippen LogP contribution is -2.48. The maximum Gasteiger partial charge on any atom is 0.262 e. The smallest absolute Gasteiger partial charge is 0.262 e. The first-order valence-corrected chi connectivity index (χ1v) is 15.2. The van der Waals surface area contributed by atoms with E-state index in [0.29, 0.717) is 17.5 Å². The van der Waals surface area contributed by atoms with Crippen LogP contribution in [0.2, 0.25) is 5.02 Å². The van der Waals surface area contributed by atoms with E-state index in [2.05, 4.69) is 47.5 Å². The van der Waals surface area contributed by atoms with E-state index in [-0.39, 0.29) is 17.4 Å². The number of para-hydroxylation sites is 1. The van der Waals surface area contributed by atoms with Gasteiger partial charge in [0.2, 0.25) is 0 Å². The number of fused-ring (bicyclic) bond motifs is 1. The van der Waals surface area contributed by atoms with Gasteiger partial charge in [-0.25, -0.2) is 0 Å². The molecule has 1 unspecified atom stereocenters. The minimum absolute atomic E-state index is 0.0915. The molecule has 1 saturated carbocycles. The molecule has 2 aliphatic rings. The van der Waals surface area contributed by atoms with Gasteiger partial charge < -0.3 is 15.0 Å². The van der Waals surface area contributed by atoms with Gasteiger partial charge >= 0.3 is 0 Å². The molecule has 40 heavy (non-hydrogen) atoms. The number of hydrogen-bond acceptors (Lipinski definition) is 4. The Morgan fingerprint density at radius 1 is 0.950 bits per heavy atom. The van der Waals surface area contributed by atoms with E-state index in [9.17, 15) is 4.79 Å². The highest BCUT2D eigenvalue weighted by atomic mass is 35.5. The van der Waals surface area contributed by atoms with E-state index < -0.39 is 0 Å². The normalized spacial score (nSPS) is 22.1. The summed E-state index contributed by atoms with van der Waals surface area (Å²) in [6, 6.07) is 30.4. The maximum atomic E-state index is 14.2. The Hall–Kier alpha value is -3.41. The van der Waals surface area contributed by atoms with Gasteiger partial charge in [0.25, 0.3) is 5.91 Å². The number of carbonyl (C=O) groups is 1. The van der Waals surface area contributed by atoms with E-state index in [1.54, 1.807) is 11.8 Å². The van der Waals surface area contributed by atoms with Crippen LogP contribution in [0.1, 0.15) is 43.7 Å². The van der Waals surface area contributed by atoms with Gasteiger partial charge in [0.1, 0.15) is 12.4 Å². The van der Waals surface area contributed by atoms with E-state index in [4.69, 9.17) is 16.3 Å². The van der Waals surface area contributed by atoms with Gasteiger partial charge in [0, 0.05) is 22.3 Å². The molecule has 1 N–H and O–H groups in total. The molecular formula is C34H33ClN2O2S. The highest BCUT2D eigenvalue weighted by Gasteiger charge is 2.43. The number of anilines is 1. The van der Waals surface area contributed by atoms with Gasteiger partial charge in [-0.2, -0.15) is 0 Å². The van der Waals surface area contributed by atoms with E-state index >= 15 is 0 Å². The molecule has 4 nitrogen and oxygen atoms in total. The third-order valence-electron chi connectivity index (χ3n) is 7.94. The number of carbonyl (C=O) groups excluding carboxylic acids is 1. The molecule has 204 valence electrons. The first-order valence-electron chi connectivity index (χ1n) is 14.0. The van der Waals surface area contributed by atoms with Crippen LogP contribution in [0, 0.1) is 5.92 Å². The molecule has 4 aromatic rings. The average Bonchev–Trinajstić information content (AvgIpc) is 3.28. The molecule has 1 aliphatic carbocycles. The average molecular weight is 569 g/mol. The molecule has 1 aliphatic heterocycles. The van der Waals surface area contributed by atoms with Crippen LogP contribution in [-0.2, 0) is 11.4 Å². The number of amides is 1. The predicted octanol–water partition coefficient (Wildman–Crippen LogP) is 8.96. The topological polar surface area (TPSA) is 41.6 Å². The van der Waals surface area contributed by atoms with Gasteiger partial charge in [-0.3, -0.25) is 4.79 Å². The van der Waals surface area contributed by atoms with Crippen LogP contribution >= 0.6 is 23.4 Å². The van der Waals surface area contributed by atoms with Crippen molar-refractivity contribution in [1.82, 2.24) is 4.90 Å². The van der Waals surface area contributed by atoms with Gasteiger partial charge in [0.15, 0.2) is 5.50 Å². The Labute approximate surface area is 245 Å². The zero-order chi connectivity index (χ0) is 27.5. The molecule has 0 aromatic heterocycles. The quantitative estimate of drug-likeness (QED) is 0.226. The molecule has 1 saturated heterocycles. The summed E-state index contributed by atoms with van der Waals surface area (Å²) in [5.74, 6) is 1.31. The Morgan fingerprint density at radius 3 is 2.50 bits per heavy atom. The summed E-state index contributed by atoms with van der Waals surface area (Å²) < 4.78 is 6.36. The minimum Gasteiger partial charge on any atom is -0.488 e. The fraction of sp³-hybridized carbons (Fsp3) is 0.265. The van der Waals surface area contributed by atoms with Crippen LogP contribution in [0.4, 0.5) is 5.69 Å². The Morgan fingerprint density at radius 2 is 1.70 bits per heavy atom. The van der Waals surface area contributed by atoms with Crippen LogP contribution in [0.5, 0.6) is 5.75 Å². The van der Waals surface area contributed by atoms with Crippen LogP contribution in [0.3, 0.4) is 0 Å². The van der Waals surface area contributed by atoms with Crippen molar-refractivity contribution in [2.45, 2.75) is 50.8 Å². The summed E-state index contributed by atoms with van der Waals surface area (Å²) in [7, 11) is 0. The molecular weight excluding hydrogens is 536 g/mol. The third-order valence-corrected chi connectivity index (χ3v) is 9.30. The van der Waals surface area contributed by atoms with Crippen LogP contribution in [0.15, 0.2) is 95.9 Å². The Balaban J connectivity index is 1.37. The molecule has 0 bridgehead atoms. The molecule has 2 fully saturated rings. The maximum absolute atomic E-state index is 14.2. The number of ether oxygens (including phenoxy) is 1. The molecule has 6 heteroatoms. The minimum atomic E-state index is -0.167. The lowest BCUT2D eigenvalue weighted by molar-refractivity contribution is -0.129. The SMILES string of the molecule is C[C@H]1CCCC[C@@H]1N1C(=O)/C(=C/c2c(OCc3ccc(Cl)cc3)ccc3ccccc23)SC1Nc1ccccc1. The van der Waals surface area contributed by atoms with Crippen molar-refractivity contribution in [3.63, 3.8) is 0 Å². The van der Waals surface area contributed by atoms with Gasteiger partial charge in [-0.05, 0) is 71.5 Å².